The lowest BCUT2D eigenvalue weighted by atomic mass is 10.1. The molecule has 42 heavy (non-hydrogen) atoms. The van der Waals surface area contributed by atoms with E-state index in [-0.39, 0.29) is 49.3 Å². The molecular formula is C30H34ClN5O6. The van der Waals surface area contributed by atoms with Crippen molar-refractivity contribution in [2.75, 3.05) is 44.3 Å². The average Bonchev–Trinajstić information content (AvgIpc) is 3.39. The molecule has 3 aromatic rings. The first-order valence-electron chi connectivity index (χ1n) is 14.1. The van der Waals surface area contributed by atoms with Crippen LogP contribution in [0.4, 0.5) is 5.69 Å². The molecule has 5 rings (SSSR count). The lowest BCUT2D eigenvalue weighted by Crippen LogP contribution is -2.40. The third kappa shape index (κ3) is 7.46. The Labute approximate surface area is 249 Å². The second-order valence-electron chi connectivity index (χ2n) is 10.3. The fourth-order valence-electron chi connectivity index (χ4n) is 5.15. The van der Waals surface area contributed by atoms with E-state index in [1.54, 1.807) is 17.0 Å². The van der Waals surface area contributed by atoms with Crippen LogP contribution in [-0.2, 0) is 33.8 Å². The van der Waals surface area contributed by atoms with Crippen LogP contribution >= 0.6 is 11.6 Å². The summed E-state index contributed by atoms with van der Waals surface area (Å²) in [6, 6.07) is 12.1. The number of fused-ring (bicyclic) bond motifs is 1. The van der Waals surface area contributed by atoms with Crippen LogP contribution in [0.3, 0.4) is 0 Å². The van der Waals surface area contributed by atoms with Gasteiger partial charge in [-0.15, -0.1) is 10.2 Å². The van der Waals surface area contributed by atoms with Gasteiger partial charge < -0.3 is 23.7 Å². The molecular weight excluding hydrogens is 562 g/mol. The maximum atomic E-state index is 13.7. The quantitative estimate of drug-likeness (QED) is 0.254. The Hall–Kier alpha value is -3.96. The smallest absolute Gasteiger partial charge is 0.302 e. The summed E-state index contributed by atoms with van der Waals surface area (Å²) in [6.07, 6.45) is 4.39. The van der Waals surface area contributed by atoms with E-state index in [0.29, 0.717) is 29.6 Å². The van der Waals surface area contributed by atoms with E-state index in [1.807, 2.05) is 24.3 Å². The Kier molecular flexibility index (Phi) is 9.70. The summed E-state index contributed by atoms with van der Waals surface area (Å²) >= 11 is 6.49. The molecule has 1 fully saturated rings. The van der Waals surface area contributed by atoms with E-state index in [9.17, 15) is 14.4 Å². The Morgan fingerprint density at radius 1 is 1.00 bits per heavy atom. The summed E-state index contributed by atoms with van der Waals surface area (Å²) in [5.41, 5.74) is 1.67. The standard InChI is InChI=1S/C30H34ClN5O6/c1-21(37)40-15-16-41-23-9-10-24(25(31)17-23)30(39)36-20-29(38)35(18-22-7-3-4-8-26(22)36)19-28-33-32-27(42-28)11-14-34-12-5-2-6-13-34/h3-4,7-10,17H,2,5-6,11-16,18-20H2,1H3. The van der Waals surface area contributed by atoms with E-state index >= 15 is 0 Å². The number of hydrogen-bond donors (Lipinski definition) is 0. The predicted molar refractivity (Wildman–Crippen MR) is 154 cm³/mol. The van der Waals surface area contributed by atoms with Crippen molar-refractivity contribution in [1.29, 1.82) is 0 Å². The highest BCUT2D eigenvalue weighted by atomic mass is 35.5. The summed E-state index contributed by atoms with van der Waals surface area (Å²) in [6.45, 7) is 4.88. The van der Waals surface area contributed by atoms with Crippen LogP contribution in [0.15, 0.2) is 46.9 Å². The van der Waals surface area contributed by atoms with Crippen molar-refractivity contribution in [3.8, 4) is 5.75 Å². The molecule has 12 heteroatoms. The number of para-hydroxylation sites is 1. The normalized spacial score (nSPS) is 15.7. The van der Waals surface area contributed by atoms with Gasteiger partial charge in [0, 0.05) is 32.1 Å². The first-order valence-corrected chi connectivity index (χ1v) is 14.5. The summed E-state index contributed by atoms with van der Waals surface area (Å²) in [4.78, 5) is 43.6. The fraction of sp³-hybridized carbons (Fsp3) is 0.433. The number of nitrogens with zero attached hydrogens (tertiary/aromatic N) is 5. The van der Waals surface area contributed by atoms with E-state index in [2.05, 4.69) is 15.1 Å². The minimum atomic E-state index is -0.410. The van der Waals surface area contributed by atoms with Gasteiger partial charge in [0.05, 0.1) is 17.1 Å². The number of hydrogen-bond acceptors (Lipinski definition) is 9. The first-order chi connectivity index (χ1) is 20.4. The summed E-state index contributed by atoms with van der Waals surface area (Å²) < 4.78 is 16.3. The second-order valence-corrected chi connectivity index (χ2v) is 10.7. The molecule has 2 aliphatic rings. The number of halogens is 1. The molecule has 11 nitrogen and oxygen atoms in total. The molecule has 0 atom stereocenters. The van der Waals surface area contributed by atoms with Crippen molar-refractivity contribution >= 4 is 35.1 Å². The highest BCUT2D eigenvalue weighted by Gasteiger charge is 2.31. The highest BCUT2D eigenvalue weighted by Crippen LogP contribution is 2.30. The third-order valence-electron chi connectivity index (χ3n) is 7.29. The monoisotopic (exact) mass is 595 g/mol. The Balaban J connectivity index is 1.26. The SMILES string of the molecule is CC(=O)OCCOc1ccc(C(=O)N2CC(=O)N(Cc3nnc(CCN4CCCCC4)o3)Cc3ccccc32)c(Cl)c1. The van der Waals surface area contributed by atoms with E-state index in [4.69, 9.17) is 25.5 Å². The van der Waals surface area contributed by atoms with Crippen LogP contribution < -0.4 is 9.64 Å². The number of benzene rings is 2. The Bertz CT molecular complexity index is 1420. The van der Waals surface area contributed by atoms with Crippen molar-refractivity contribution in [2.24, 2.45) is 0 Å². The van der Waals surface area contributed by atoms with Crippen LogP contribution in [0.2, 0.25) is 5.02 Å². The highest BCUT2D eigenvalue weighted by molar-refractivity contribution is 6.34. The molecule has 3 heterocycles. The molecule has 0 N–H and O–H groups in total. The lowest BCUT2D eigenvalue weighted by Gasteiger charge is -2.25. The molecule has 0 unspecified atom stereocenters. The fourth-order valence-corrected chi connectivity index (χ4v) is 5.40. The topological polar surface area (TPSA) is 118 Å². The van der Waals surface area contributed by atoms with Crippen molar-refractivity contribution in [3.63, 3.8) is 0 Å². The molecule has 0 saturated carbocycles. The number of amides is 2. The summed E-state index contributed by atoms with van der Waals surface area (Å²) in [5.74, 6) is 0.289. The van der Waals surface area contributed by atoms with Crippen molar-refractivity contribution < 1.29 is 28.3 Å². The number of aromatic nitrogens is 2. The van der Waals surface area contributed by atoms with Gasteiger partial charge in [-0.3, -0.25) is 19.3 Å². The number of carbonyl (C=O) groups is 3. The van der Waals surface area contributed by atoms with E-state index in [0.717, 1.165) is 25.2 Å². The molecule has 0 bridgehead atoms. The van der Waals surface area contributed by atoms with Crippen molar-refractivity contribution in [1.82, 2.24) is 20.0 Å². The van der Waals surface area contributed by atoms with Gasteiger partial charge in [-0.2, -0.15) is 0 Å². The van der Waals surface area contributed by atoms with Gasteiger partial charge >= 0.3 is 5.97 Å². The van der Waals surface area contributed by atoms with E-state index in [1.165, 1.54) is 37.2 Å². The number of carbonyl (C=O) groups excluding carboxylic acids is 3. The number of anilines is 1. The van der Waals surface area contributed by atoms with Gasteiger partial charge in [-0.25, -0.2) is 0 Å². The van der Waals surface area contributed by atoms with Crippen LogP contribution in [0, 0.1) is 0 Å². The molecule has 0 radical (unpaired) electrons. The largest absolute Gasteiger partial charge is 0.490 e. The molecule has 1 saturated heterocycles. The first kappa shape index (κ1) is 29.5. The van der Waals surface area contributed by atoms with Gasteiger partial charge in [-0.1, -0.05) is 36.2 Å². The third-order valence-corrected chi connectivity index (χ3v) is 7.60. The second kappa shape index (κ2) is 13.8. The molecule has 222 valence electrons. The number of likely N-dealkylation sites (tertiary alicyclic amines) is 1. The predicted octanol–water partition coefficient (Wildman–Crippen LogP) is 3.88. The maximum Gasteiger partial charge on any atom is 0.302 e. The Morgan fingerprint density at radius 2 is 1.79 bits per heavy atom. The summed E-state index contributed by atoms with van der Waals surface area (Å²) in [5, 5.41) is 8.56. The maximum absolute atomic E-state index is 13.7. The van der Waals surface area contributed by atoms with Gasteiger partial charge in [0.2, 0.25) is 17.7 Å². The number of piperidine rings is 1. The molecule has 2 aliphatic heterocycles. The van der Waals surface area contributed by atoms with Gasteiger partial charge in [0.15, 0.2) is 0 Å². The zero-order chi connectivity index (χ0) is 29.5. The minimum Gasteiger partial charge on any atom is -0.490 e. The molecule has 0 aliphatic carbocycles. The molecule has 2 amide bonds. The van der Waals surface area contributed by atoms with Crippen LogP contribution in [-0.4, -0.2) is 77.2 Å². The van der Waals surface area contributed by atoms with Crippen molar-refractivity contribution in [2.45, 2.75) is 45.7 Å². The van der Waals surface area contributed by atoms with Gasteiger partial charge in [-0.05, 0) is 55.8 Å². The van der Waals surface area contributed by atoms with E-state index < -0.39 is 11.9 Å². The van der Waals surface area contributed by atoms with Crippen molar-refractivity contribution in [3.05, 3.63) is 70.4 Å². The molecule has 1 aromatic heterocycles. The zero-order valence-corrected chi connectivity index (χ0v) is 24.3. The van der Waals surface area contributed by atoms with Crippen LogP contribution in [0.1, 0.15) is 53.9 Å². The molecule has 2 aromatic carbocycles. The van der Waals surface area contributed by atoms with Gasteiger partial charge in [0.1, 0.15) is 25.5 Å². The molecule has 0 spiro atoms. The number of ether oxygens (including phenoxy) is 2. The summed E-state index contributed by atoms with van der Waals surface area (Å²) in [7, 11) is 0. The minimum absolute atomic E-state index is 0.0975. The Morgan fingerprint density at radius 3 is 2.57 bits per heavy atom. The zero-order valence-electron chi connectivity index (χ0n) is 23.6. The van der Waals surface area contributed by atoms with Gasteiger partial charge in [0.25, 0.3) is 5.91 Å². The van der Waals surface area contributed by atoms with Crippen LogP contribution in [0.25, 0.3) is 0 Å². The lowest BCUT2D eigenvalue weighted by molar-refractivity contribution is -0.141. The number of esters is 1. The number of rotatable bonds is 10. The average molecular weight is 596 g/mol. The van der Waals surface area contributed by atoms with Crippen LogP contribution in [0.5, 0.6) is 5.75 Å².